The van der Waals surface area contributed by atoms with Crippen LogP contribution in [-0.4, -0.2) is 42.3 Å². The van der Waals surface area contributed by atoms with Gasteiger partial charge < -0.3 is 4.90 Å². The number of carbonyl (C=O) groups excluding carboxylic acids is 1. The second-order valence-electron chi connectivity index (χ2n) is 6.24. The smallest absolute Gasteiger partial charge is 0.258 e. The van der Waals surface area contributed by atoms with Gasteiger partial charge in [-0.1, -0.05) is 23.7 Å². The third-order valence-corrected chi connectivity index (χ3v) is 6.44. The first-order chi connectivity index (χ1) is 13.4. The average molecular weight is 435 g/mol. The summed E-state index contributed by atoms with van der Waals surface area (Å²) < 4.78 is 26.8. The lowest BCUT2D eigenvalue weighted by atomic mass is 10.1. The van der Waals surface area contributed by atoms with Gasteiger partial charge in [-0.2, -0.15) is 0 Å². The summed E-state index contributed by atoms with van der Waals surface area (Å²) in [6.07, 6.45) is 7.08. The predicted molar refractivity (Wildman–Crippen MR) is 110 cm³/mol. The van der Waals surface area contributed by atoms with E-state index in [1.807, 2.05) is 24.3 Å². The number of anilines is 1. The van der Waals surface area contributed by atoms with Crippen molar-refractivity contribution in [3.63, 3.8) is 0 Å². The number of amidine groups is 1. The topological polar surface area (TPSA) is 91.7 Å². The molecule has 10 heteroatoms. The number of halogens is 1. The molecule has 7 nitrogen and oxygen atoms in total. The average Bonchev–Trinajstić information content (AvgIpc) is 3.07. The van der Waals surface area contributed by atoms with Crippen molar-refractivity contribution in [2.45, 2.75) is 6.42 Å². The number of sulfonamides is 1. The lowest BCUT2D eigenvalue weighted by molar-refractivity contribution is -0.112. The van der Waals surface area contributed by atoms with E-state index in [1.54, 1.807) is 23.4 Å². The molecule has 1 N–H and O–H groups in total. The fourth-order valence-electron chi connectivity index (χ4n) is 2.80. The summed E-state index contributed by atoms with van der Waals surface area (Å²) in [6.45, 7) is 0.267. The number of aromatic nitrogens is 1. The number of hydrogen-bond acceptors (Lipinski definition) is 6. The van der Waals surface area contributed by atoms with Gasteiger partial charge in [-0.3, -0.25) is 10.1 Å². The number of rotatable bonds is 4. The molecule has 0 saturated heterocycles. The predicted octanol–water partition coefficient (Wildman–Crippen LogP) is 2.82. The first kappa shape index (κ1) is 18.9. The molecule has 2 aromatic rings. The van der Waals surface area contributed by atoms with Gasteiger partial charge in [-0.05, 0) is 29.8 Å². The van der Waals surface area contributed by atoms with E-state index in [0.29, 0.717) is 28.0 Å². The van der Waals surface area contributed by atoms with Gasteiger partial charge in [-0.25, -0.2) is 13.4 Å². The molecule has 1 aromatic heterocycles. The lowest BCUT2D eigenvalue weighted by Gasteiger charge is -2.26. The molecular weight excluding hydrogens is 420 g/mol. The molecule has 1 amide bonds. The minimum absolute atomic E-state index is 0.0743. The Kier molecular flexibility index (Phi) is 5.05. The van der Waals surface area contributed by atoms with Crippen LogP contribution in [0.2, 0.25) is 5.02 Å². The monoisotopic (exact) mass is 434 g/mol. The van der Waals surface area contributed by atoms with Crippen molar-refractivity contribution in [3.05, 3.63) is 69.9 Å². The highest BCUT2D eigenvalue weighted by Crippen LogP contribution is 2.24. The van der Waals surface area contributed by atoms with Gasteiger partial charge in [0.2, 0.25) is 0 Å². The molecule has 0 bridgehead atoms. The zero-order valence-electron chi connectivity index (χ0n) is 14.5. The Hall–Kier alpha value is -2.49. The van der Waals surface area contributed by atoms with Crippen LogP contribution < -0.4 is 5.32 Å². The van der Waals surface area contributed by atoms with Gasteiger partial charge in [0, 0.05) is 35.3 Å². The molecule has 3 heterocycles. The lowest BCUT2D eigenvalue weighted by Crippen LogP contribution is -2.37. The van der Waals surface area contributed by atoms with Crippen LogP contribution in [-0.2, 0) is 21.2 Å². The number of amides is 1. The zero-order chi connectivity index (χ0) is 19.7. The third-order valence-electron chi connectivity index (χ3n) is 4.13. The van der Waals surface area contributed by atoms with Crippen molar-refractivity contribution in [1.82, 2.24) is 9.88 Å². The fraction of sp³-hybridized carbons (Fsp3) is 0.167. The summed E-state index contributed by atoms with van der Waals surface area (Å²) in [5.41, 5.74) is 1.48. The molecule has 0 unspecified atom stereocenters. The minimum atomic E-state index is -3.42. The molecule has 0 spiro atoms. The van der Waals surface area contributed by atoms with Crippen molar-refractivity contribution in [2.24, 2.45) is 4.40 Å². The summed E-state index contributed by atoms with van der Waals surface area (Å²) >= 11 is 7.40. The molecule has 0 fully saturated rings. The highest BCUT2D eigenvalue weighted by atomic mass is 35.5. The first-order valence-corrected chi connectivity index (χ1v) is 11.2. The molecule has 1 aromatic carbocycles. The van der Waals surface area contributed by atoms with Crippen LogP contribution in [0.1, 0.15) is 10.4 Å². The Morgan fingerprint density at radius 2 is 2.18 bits per heavy atom. The maximum atomic E-state index is 12.5. The van der Waals surface area contributed by atoms with E-state index in [0.717, 1.165) is 10.4 Å². The zero-order valence-corrected chi connectivity index (χ0v) is 16.9. The summed E-state index contributed by atoms with van der Waals surface area (Å²) in [5.74, 6) is -0.0667. The highest BCUT2D eigenvalue weighted by Gasteiger charge is 2.25. The summed E-state index contributed by atoms with van der Waals surface area (Å²) in [5, 5.41) is 3.96. The third kappa shape index (κ3) is 4.32. The van der Waals surface area contributed by atoms with E-state index >= 15 is 0 Å². The van der Waals surface area contributed by atoms with Crippen LogP contribution in [0, 0.1) is 0 Å². The molecule has 4 rings (SSSR count). The molecule has 0 saturated carbocycles. The number of nitrogens with one attached hydrogen (secondary N) is 1. The van der Waals surface area contributed by atoms with Crippen molar-refractivity contribution >= 4 is 49.8 Å². The Morgan fingerprint density at radius 1 is 1.32 bits per heavy atom. The van der Waals surface area contributed by atoms with E-state index in [4.69, 9.17) is 11.6 Å². The minimum Gasteiger partial charge on any atom is -0.330 e. The Labute approximate surface area is 171 Å². The number of fused-ring (bicyclic) bond motifs is 1. The first-order valence-electron chi connectivity index (χ1n) is 8.38. The number of benzene rings is 1. The fourth-order valence-corrected chi connectivity index (χ4v) is 4.82. The van der Waals surface area contributed by atoms with Crippen molar-refractivity contribution in [1.29, 1.82) is 0 Å². The van der Waals surface area contributed by atoms with Crippen LogP contribution in [0.3, 0.4) is 0 Å². The Balaban J connectivity index is 1.43. The normalized spacial score (nSPS) is 17.5. The van der Waals surface area contributed by atoms with Gasteiger partial charge in [-0.15, -0.1) is 15.7 Å². The van der Waals surface area contributed by atoms with Gasteiger partial charge >= 0.3 is 0 Å². The molecular formula is C18H15ClN4O3S2. The second kappa shape index (κ2) is 7.50. The quantitative estimate of drug-likeness (QED) is 0.798. The largest absolute Gasteiger partial charge is 0.330 e. The van der Waals surface area contributed by atoms with Crippen LogP contribution in [0.15, 0.2) is 58.8 Å². The van der Waals surface area contributed by atoms with Crippen LogP contribution in [0.4, 0.5) is 5.13 Å². The van der Waals surface area contributed by atoms with E-state index in [-0.39, 0.29) is 18.2 Å². The molecule has 0 atom stereocenters. The molecule has 28 heavy (non-hydrogen) atoms. The molecule has 2 aliphatic rings. The van der Waals surface area contributed by atoms with Gasteiger partial charge in [0.05, 0.1) is 11.3 Å². The van der Waals surface area contributed by atoms with Crippen LogP contribution in [0.5, 0.6) is 0 Å². The van der Waals surface area contributed by atoms with Gasteiger partial charge in [0.15, 0.2) is 5.13 Å². The molecule has 0 radical (unpaired) electrons. The van der Waals surface area contributed by atoms with Gasteiger partial charge in [0.25, 0.3) is 15.9 Å². The molecule has 0 aliphatic carbocycles. The van der Waals surface area contributed by atoms with E-state index in [2.05, 4.69) is 14.7 Å². The summed E-state index contributed by atoms with van der Waals surface area (Å²) in [6, 6.07) is 7.60. The van der Waals surface area contributed by atoms with E-state index in [9.17, 15) is 13.2 Å². The van der Waals surface area contributed by atoms with Crippen molar-refractivity contribution < 1.29 is 13.2 Å². The van der Waals surface area contributed by atoms with Gasteiger partial charge in [0.1, 0.15) is 5.84 Å². The van der Waals surface area contributed by atoms with Crippen LogP contribution in [0.25, 0.3) is 0 Å². The Bertz CT molecular complexity index is 1140. The maximum Gasteiger partial charge on any atom is 0.258 e. The maximum absolute atomic E-state index is 12.5. The standard InChI is InChI=1S/C18H15ClN4O3S2/c19-14-3-1-2-12(8-14)9-15-10-20-18(27-15)21-17(24)13-4-5-16-22-28(25,26)7-6-23(16)11-13/h1-5,8,10-11H,6-7,9H2,(H,20,21,24). The highest BCUT2D eigenvalue weighted by molar-refractivity contribution is 7.90. The number of carbonyl (C=O) groups is 1. The van der Waals surface area contributed by atoms with Crippen molar-refractivity contribution in [3.8, 4) is 0 Å². The van der Waals surface area contributed by atoms with Crippen LogP contribution >= 0.6 is 22.9 Å². The number of nitrogens with zero attached hydrogens (tertiary/aromatic N) is 3. The molecule has 2 aliphatic heterocycles. The Morgan fingerprint density at radius 3 is 3.00 bits per heavy atom. The SMILES string of the molecule is O=C(Nc1ncc(Cc2cccc(Cl)c2)s1)C1=CN2CCS(=O)(=O)N=C2C=C1. The molecule has 144 valence electrons. The van der Waals surface area contributed by atoms with E-state index < -0.39 is 10.0 Å². The summed E-state index contributed by atoms with van der Waals surface area (Å²) in [7, 11) is -3.42. The van der Waals surface area contributed by atoms with Crippen molar-refractivity contribution in [2.75, 3.05) is 17.6 Å². The van der Waals surface area contributed by atoms with E-state index in [1.165, 1.54) is 17.4 Å². The summed E-state index contributed by atoms with van der Waals surface area (Å²) in [4.78, 5) is 19.4. The number of hydrogen-bond donors (Lipinski definition) is 1. The second-order valence-corrected chi connectivity index (χ2v) is 9.55. The number of thiazole rings is 1.